The maximum absolute atomic E-state index is 4.82. The summed E-state index contributed by atoms with van der Waals surface area (Å²) < 4.78 is 2.12. The van der Waals surface area contributed by atoms with E-state index in [1.165, 1.54) is 31.2 Å². The highest BCUT2D eigenvalue weighted by molar-refractivity contribution is 5.80. The first-order valence-electron chi connectivity index (χ1n) is 9.26. The number of hydrogen-bond donors (Lipinski definition) is 0. The molecule has 1 aliphatic carbocycles. The third-order valence-corrected chi connectivity index (χ3v) is 5.22. The van der Waals surface area contributed by atoms with Gasteiger partial charge in [0.1, 0.15) is 0 Å². The standard InChI is InChI=1S/C22H25N3/c1-16-7-10-19(11-8-16)22-21(12-9-17(2)24-22)20-13-23-25(15-20)14-18-5-3-4-6-18/h7-13,15,18H,3-6,14H2,1-2H3. The minimum Gasteiger partial charge on any atom is -0.272 e. The normalized spacial score (nSPS) is 15.0. The van der Waals surface area contributed by atoms with E-state index in [0.29, 0.717) is 0 Å². The van der Waals surface area contributed by atoms with Crippen LogP contribution in [0.2, 0.25) is 0 Å². The first kappa shape index (κ1) is 16.1. The van der Waals surface area contributed by atoms with Crippen LogP contribution in [0, 0.1) is 19.8 Å². The first-order valence-corrected chi connectivity index (χ1v) is 9.26. The average molecular weight is 331 g/mol. The molecule has 1 aliphatic rings. The molecule has 3 nitrogen and oxygen atoms in total. The maximum Gasteiger partial charge on any atom is 0.0784 e. The zero-order chi connectivity index (χ0) is 17.2. The van der Waals surface area contributed by atoms with E-state index in [1.54, 1.807) is 0 Å². The molecule has 1 aromatic carbocycles. The Bertz CT molecular complexity index is 855. The van der Waals surface area contributed by atoms with Gasteiger partial charge in [-0.2, -0.15) is 5.10 Å². The van der Waals surface area contributed by atoms with Gasteiger partial charge in [-0.15, -0.1) is 0 Å². The van der Waals surface area contributed by atoms with Gasteiger partial charge in [0.15, 0.2) is 0 Å². The summed E-state index contributed by atoms with van der Waals surface area (Å²) in [5, 5.41) is 4.62. The van der Waals surface area contributed by atoms with Crippen LogP contribution in [0.1, 0.15) is 36.9 Å². The molecule has 128 valence electrons. The summed E-state index contributed by atoms with van der Waals surface area (Å²) in [6, 6.07) is 12.9. The minimum absolute atomic E-state index is 0.792. The van der Waals surface area contributed by atoms with Crippen molar-refractivity contribution in [2.24, 2.45) is 5.92 Å². The van der Waals surface area contributed by atoms with Crippen LogP contribution >= 0.6 is 0 Å². The highest BCUT2D eigenvalue weighted by Crippen LogP contribution is 2.31. The quantitative estimate of drug-likeness (QED) is 0.639. The molecule has 3 aromatic rings. The summed E-state index contributed by atoms with van der Waals surface area (Å²) in [6.07, 6.45) is 9.60. The monoisotopic (exact) mass is 331 g/mol. The highest BCUT2D eigenvalue weighted by Gasteiger charge is 2.17. The molecule has 0 atom stereocenters. The molecule has 0 saturated heterocycles. The van der Waals surface area contributed by atoms with Crippen molar-refractivity contribution in [3.05, 3.63) is 60.0 Å². The van der Waals surface area contributed by atoms with Gasteiger partial charge in [0.2, 0.25) is 0 Å². The predicted molar refractivity (Wildman–Crippen MR) is 102 cm³/mol. The fourth-order valence-electron chi connectivity index (χ4n) is 3.78. The van der Waals surface area contributed by atoms with Crippen LogP contribution < -0.4 is 0 Å². The maximum atomic E-state index is 4.82. The van der Waals surface area contributed by atoms with Crippen molar-refractivity contribution in [3.8, 4) is 22.4 Å². The second-order valence-electron chi connectivity index (χ2n) is 7.32. The second-order valence-corrected chi connectivity index (χ2v) is 7.32. The number of aromatic nitrogens is 3. The molecule has 0 amide bonds. The van der Waals surface area contributed by atoms with Crippen LogP contribution in [0.4, 0.5) is 0 Å². The number of aryl methyl sites for hydroxylation is 2. The Morgan fingerprint density at radius 1 is 0.960 bits per heavy atom. The molecule has 0 aliphatic heterocycles. The first-order chi connectivity index (χ1) is 12.2. The molecular formula is C22H25N3. The largest absolute Gasteiger partial charge is 0.272 e. The van der Waals surface area contributed by atoms with Crippen LogP contribution in [-0.2, 0) is 6.54 Å². The Balaban J connectivity index is 1.68. The van der Waals surface area contributed by atoms with Crippen LogP contribution in [0.3, 0.4) is 0 Å². The molecule has 2 heterocycles. The van der Waals surface area contributed by atoms with Crippen molar-refractivity contribution >= 4 is 0 Å². The summed E-state index contributed by atoms with van der Waals surface area (Å²) in [5.41, 5.74) is 6.82. The summed E-state index contributed by atoms with van der Waals surface area (Å²) in [4.78, 5) is 4.82. The van der Waals surface area contributed by atoms with E-state index in [-0.39, 0.29) is 0 Å². The van der Waals surface area contributed by atoms with E-state index in [2.05, 4.69) is 59.3 Å². The van der Waals surface area contributed by atoms with Crippen LogP contribution in [-0.4, -0.2) is 14.8 Å². The van der Waals surface area contributed by atoms with Crippen LogP contribution in [0.25, 0.3) is 22.4 Å². The second kappa shape index (κ2) is 6.83. The molecule has 0 unspecified atom stereocenters. The van der Waals surface area contributed by atoms with Crippen molar-refractivity contribution < 1.29 is 0 Å². The van der Waals surface area contributed by atoms with Gasteiger partial charge in [-0.05, 0) is 38.7 Å². The summed E-state index contributed by atoms with van der Waals surface area (Å²) >= 11 is 0. The Hall–Kier alpha value is -2.42. The fraction of sp³-hybridized carbons (Fsp3) is 0.364. The number of nitrogens with zero attached hydrogens (tertiary/aromatic N) is 3. The summed E-state index contributed by atoms with van der Waals surface area (Å²) in [5.74, 6) is 0.792. The van der Waals surface area contributed by atoms with Gasteiger partial charge in [-0.1, -0.05) is 48.7 Å². The average Bonchev–Trinajstić information content (AvgIpc) is 3.28. The zero-order valence-electron chi connectivity index (χ0n) is 15.1. The fourth-order valence-corrected chi connectivity index (χ4v) is 3.78. The lowest BCUT2D eigenvalue weighted by atomic mass is 10.0. The van der Waals surface area contributed by atoms with E-state index < -0.39 is 0 Å². The summed E-state index contributed by atoms with van der Waals surface area (Å²) in [7, 11) is 0. The van der Waals surface area contributed by atoms with Crippen LogP contribution in [0.15, 0.2) is 48.8 Å². The Labute approximate surface area is 149 Å². The molecular weight excluding hydrogens is 306 g/mol. The van der Waals surface area contributed by atoms with E-state index in [0.717, 1.165) is 40.5 Å². The topological polar surface area (TPSA) is 30.7 Å². The smallest absolute Gasteiger partial charge is 0.0784 e. The van der Waals surface area contributed by atoms with Gasteiger partial charge in [-0.3, -0.25) is 9.67 Å². The molecule has 0 bridgehead atoms. The molecule has 1 saturated carbocycles. The lowest BCUT2D eigenvalue weighted by molar-refractivity contribution is 0.429. The summed E-state index contributed by atoms with van der Waals surface area (Å²) in [6.45, 7) is 5.20. The van der Waals surface area contributed by atoms with E-state index in [4.69, 9.17) is 4.98 Å². The minimum atomic E-state index is 0.792. The lowest BCUT2D eigenvalue weighted by Gasteiger charge is -2.10. The molecule has 4 rings (SSSR count). The third-order valence-electron chi connectivity index (χ3n) is 5.22. The van der Waals surface area contributed by atoms with Gasteiger partial charge >= 0.3 is 0 Å². The molecule has 1 fully saturated rings. The molecule has 25 heavy (non-hydrogen) atoms. The Kier molecular flexibility index (Phi) is 4.39. The van der Waals surface area contributed by atoms with Gasteiger partial charge in [0.25, 0.3) is 0 Å². The Morgan fingerprint density at radius 3 is 2.48 bits per heavy atom. The van der Waals surface area contributed by atoms with E-state index >= 15 is 0 Å². The Morgan fingerprint density at radius 2 is 1.72 bits per heavy atom. The molecule has 3 heteroatoms. The zero-order valence-corrected chi connectivity index (χ0v) is 15.1. The van der Waals surface area contributed by atoms with Crippen molar-refractivity contribution in [2.45, 2.75) is 46.1 Å². The van der Waals surface area contributed by atoms with E-state index in [9.17, 15) is 0 Å². The highest BCUT2D eigenvalue weighted by atomic mass is 15.3. The van der Waals surface area contributed by atoms with E-state index in [1.807, 2.05) is 13.1 Å². The van der Waals surface area contributed by atoms with Gasteiger partial charge in [0.05, 0.1) is 11.9 Å². The predicted octanol–water partition coefficient (Wildman–Crippen LogP) is 5.42. The van der Waals surface area contributed by atoms with Crippen molar-refractivity contribution in [1.29, 1.82) is 0 Å². The number of benzene rings is 1. The van der Waals surface area contributed by atoms with Gasteiger partial charge in [0, 0.05) is 35.1 Å². The molecule has 0 radical (unpaired) electrons. The number of rotatable bonds is 4. The van der Waals surface area contributed by atoms with Gasteiger partial charge in [-0.25, -0.2) is 0 Å². The van der Waals surface area contributed by atoms with Crippen molar-refractivity contribution in [2.75, 3.05) is 0 Å². The van der Waals surface area contributed by atoms with Crippen molar-refractivity contribution in [3.63, 3.8) is 0 Å². The van der Waals surface area contributed by atoms with Crippen LogP contribution in [0.5, 0.6) is 0 Å². The SMILES string of the molecule is Cc1ccc(-c2nc(C)ccc2-c2cnn(CC3CCCC3)c2)cc1. The van der Waals surface area contributed by atoms with Gasteiger partial charge < -0.3 is 0 Å². The molecule has 0 N–H and O–H groups in total. The third kappa shape index (κ3) is 3.51. The molecule has 0 spiro atoms. The number of hydrogen-bond acceptors (Lipinski definition) is 2. The number of pyridine rings is 1. The van der Waals surface area contributed by atoms with Crippen molar-refractivity contribution in [1.82, 2.24) is 14.8 Å². The lowest BCUT2D eigenvalue weighted by Crippen LogP contribution is -2.07. The molecule has 2 aromatic heterocycles.